The fraction of sp³-hybridized carbons (Fsp3) is 1.00. The molecule has 3 nitrogen and oxygen atoms in total. The van der Waals surface area contributed by atoms with Crippen LogP contribution in [0.3, 0.4) is 0 Å². The fourth-order valence-corrected chi connectivity index (χ4v) is 3.16. The SMILES string of the molecule is CN1CCN(CCNC2CCCCCCC2)CC1. The van der Waals surface area contributed by atoms with Crippen LogP contribution >= 0.6 is 0 Å². The van der Waals surface area contributed by atoms with Crippen LogP contribution in [-0.4, -0.2) is 62.2 Å². The molecule has 1 aliphatic carbocycles. The van der Waals surface area contributed by atoms with Crippen LogP contribution < -0.4 is 5.32 Å². The summed E-state index contributed by atoms with van der Waals surface area (Å²) in [6.45, 7) is 7.41. The smallest absolute Gasteiger partial charge is 0.0110 e. The fourth-order valence-electron chi connectivity index (χ4n) is 3.16. The highest BCUT2D eigenvalue weighted by atomic mass is 15.2. The quantitative estimate of drug-likeness (QED) is 0.826. The zero-order valence-electron chi connectivity index (χ0n) is 12.2. The van der Waals surface area contributed by atoms with Crippen LogP contribution in [0.25, 0.3) is 0 Å². The number of likely N-dealkylation sites (N-methyl/N-ethyl adjacent to an activating group) is 1. The number of rotatable bonds is 4. The molecule has 0 radical (unpaired) electrons. The average molecular weight is 253 g/mol. The Morgan fingerprint density at radius 3 is 2.17 bits per heavy atom. The first kappa shape index (κ1) is 14.3. The van der Waals surface area contributed by atoms with Crippen LogP contribution in [0, 0.1) is 0 Å². The van der Waals surface area contributed by atoms with E-state index in [1.54, 1.807) is 0 Å². The maximum absolute atomic E-state index is 3.79. The molecule has 0 atom stereocenters. The van der Waals surface area contributed by atoms with E-state index in [-0.39, 0.29) is 0 Å². The number of hydrogen-bond acceptors (Lipinski definition) is 3. The minimum Gasteiger partial charge on any atom is -0.313 e. The second-order valence-corrected chi connectivity index (χ2v) is 6.14. The second-order valence-electron chi connectivity index (χ2n) is 6.14. The molecule has 0 aromatic carbocycles. The minimum absolute atomic E-state index is 0.803. The molecule has 1 saturated heterocycles. The molecule has 2 rings (SSSR count). The van der Waals surface area contributed by atoms with E-state index in [4.69, 9.17) is 0 Å². The first-order valence-electron chi connectivity index (χ1n) is 7.99. The van der Waals surface area contributed by atoms with Gasteiger partial charge in [-0.25, -0.2) is 0 Å². The summed E-state index contributed by atoms with van der Waals surface area (Å²) < 4.78 is 0. The van der Waals surface area contributed by atoms with Gasteiger partial charge in [-0.3, -0.25) is 4.90 Å². The molecule has 3 heteroatoms. The third-order valence-electron chi connectivity index (χ3n) is 4.56. The van der Waals surface area contributed by atoms with Gasteiger partial charge in [-0.1, -0.05) is 32.1 Å². The standard InChI is InChI=1S/C15H31N3/c1-17-11-13-18(14-12-17)10-9-16-15-7-5-3-2-4-6-8-15/h15-16H,2-14H2,1H3. The maximum Gasteiger partial charge on any atom is 0.0110 e. The van der Waals surface area contributed by atoms with E-state index in [1.165, 1.54) is 84.2 Å². The van der Waals surface area contributed by atoms with E-state index < -0.39 is 0 Å². The first-order chi connectivity index (χ1) is 8.84. The Morgan fingerprint density at radius 2 is 1.50 bits per heavy atom. The molecule has 0 aromatic heterocycles. The summed E-state index contributed by atoms with van der Waals surface area (Å²) in [5, 5.41) is 3.79. The van der Waals surface area contributed by atoms with E-state index in [0.29, 0.717) is 0 Å². The molecule has 2 fully saturated rings. The predicted molar refractivity (Wildman–Crippen MR) is 78.0 cm³/mol. The van der Waals surface area contributed by atoms with Crippen molar-refractivity contribution >= 4 is 0 Å². The van der Waals surface area contributed by atoms with Crippen LogP contribution in [0.4, 0.5) is 0 Å². The summed E-state index contributed by atoms with van der Waals surface area (Å²) in [5.74, 6) is 0. The Balaban J connectivity index is 1.56. The highest BCUT2D eigenvalue weighted by molar-refractivity contribution is 4.73. The minimum atomic E-state index is 0.803. The van der Waals surface area contributed by atoms with Gasteiger partial charge < -0.3 is 10.2 Å². The summed E-state index contributed by atoms with van der Waals surface area (Å²) in [7, 11) is 2.23. The average Bonchev–Trinajstić information content (AvgIpc) is 2.34. The van der Waals surface area contributed by atoms with Crippen LogP contribution in [0.15, 0.2) is 0 Å². The normalized spacial score (nSPS) is 25.8. The van der Waals surface area contributed by atoms with Crippen molar-refractivity contribution in [2.45, 2.75) is 51.0 Å². The van der Waals surface area contributed by atoms with E-state index in [0.717, 1.165) is 6.04 Å². The summed E-state index contributed by atoms with van der Waals surface area (Å²) in [5.41, 5.74) is 0. The maximum atomic E-state index is 3.79. The van der Waals surface area contributed by atoms with Crippen LogP contribution in [0.2, 0.25) is 0 Å². The summed E-state index contributed by atoms with van der Waals surface area (Å²) in [6.07, 6.45) is 10.1. The topological polar surface area (TPSA) is 18.5 Å². The van der Waals surface area contributed by atoms with Gasteiger partial charge in [0.15, 0.2) is 0 Å². The van der Waals surface area contributed by atoms with Crippen LogP contribution in [0.5, 0.6) is 0 Å². The van der Waals surface area contributed by atoms with Gasteiger partial charge in [0.2, 0.25) is 0 Å². The van der Waals surface area contributed by atoms with Crippen molar-refractivity contribution in [1.82, 2.24) is 15.1 Å². The molecule has 0 amide bonds. The molecule has 0 aromatic rings. The lowest BCUT2D eigenvalue weighted by Crippen LogP contribution is -2.47. The molecule has 106 valence electrons. The van der Waals surface area contributed by atoms with E-state index in [2.05, 4.69) is 22.2 Å². The molecule has 1 saturated carbocycles. The number of nitrogens with one attached hydrogen (secondary N) is 1. The third kappa shape index (κ3) is 5.25. The van der Waals surface area contributed by atoms with Crippen LogP contribution in [-0.2, 0) is 0 Å². The molecule has 1 aliphatic heterocycles. The van der Waals surface area contributed by atoms with E-state index in [9.17, 15) is 0 Å². The first-order valence-corrected chi connectivity index (χ1v) is 7.99. The molecular formula is C15H31N3. The van der Waals surface area contributed by atoms with Gasteiger partial charge in [-0.2, -0.15) is 0 Å². The highest BCUT2D eigenvalue weighted by Gasteiger charge is 2.14. The molecule has 2 aliphatic rings. The van der Waals surface area contributed by atoms with E-state index >= 15 is 0 Å². The number of nitrogens with zero attached hydrogens (tertiary/aromatic N) is 2. The van der Waals surface area contributed by atoms with Gasteiger partial charge in [-0.15, -0.1) is 0 Å². The zero-order valence-corrected chi connectivity index (χ0v) is 12.2. The van der Waals surface area contributed by atoms with Crippen molar-refractivity contribution in [2.24, 2.45) is 0 Å². The molecule has 0 bridgehead atoms. The molecule has 1 N–H and O–H groups in total. The Hall–Kier alpha value is -0.120. The van der Waals surface area contributed by atoms with Gasteiger partial charge in [0.25, 0.3) is 0 Å². The van der Waals surface area contributed by atoms with Crippen LogP contribution in [0.1, 0.15) is 44.9 Å². The van der Waals surface area contributed by atoms with Crippen molar-refractivity contribution < 1.29 is 0 Å². The molecule has 18 heavy (non-hydrogen) atoms. The Bertz CT molecular complexity index is 204. The van der Waals surface area contributed by atoms with Crippen molar-refractivity contribution in [2.75, 3.05) is 46.3 Å². The lowest BCUT2D eigenvalue weighted by molar-refractivity contribution is 0.153. The van der Waals surface area contributed by atoms with Crippen molar-refractivity contribution in [3.05, 3.63) is 0 Å². The van der Waals surface area contributed by atoms with Crippen molar-refractivity contribution in [3.8, 4) is 0 Å². The van der Waals surface area contributed by atoms with Crippen molar-refractivity contribution in [3.63, 3.8) is 0 Å². The molecule has 0 unspecified atom stereocenters. The lowest BCUT2D eigenvalue weighted by atomic mass is 9.97. The Labute approximate surface area is 113 Å². The number of piperazine rings is 1. The predicted octanol–water partition coefficient (Wildman–Crippen LogP) is 1.94. The lowest BCUT2D eigenvalue weighted by Gasteiger charge is -2.32. The second kappa shape index (κ2) is 8.13. The zero-order chi connectivity index (χ0) is 12.6. The summed E-state index contributed by atoms with van der Waals surface area (Å²) >= 11 is 0. The van der Waals surface area contributed by atoms with Gasteiger partial charge in [0.05, 0.1) is 0 Å². The Kier molecular flexibility index (Phi) is 6.46. The van der Waals surface area contributed by atoms with Crippen molar-refractivity contribution in [1.29, 1.82) is 0 Å². The number of hydrogen-bond donors (Lipinski definition) is 1. The van der Waals surface area contributed by atoms with Gasteiger partial charge in [-0.05, 0) is 19.9 Å². The molecule has 0 spiro atoms. The monoisotopic (exact) mass is 253 g/mol. The Morgan fingerprint density at radius 1 is 0.889 bits per heavy atom. The summed E-state index contributed by atoms with van der Waals surface area (Å²) in [6, 6.07) is 0.803. The van der Waals surface area contributed by atoms with Gasteiger partial charge in [0, 0.05) is 45.3 Å². The largest absolute Gasteiger partial charge is 0.313 e. The molecule has 1 heterocycles. The van der Waals surface area contributed by atoms with Gasteiger partial charge >= 0.3 is 0 Å². The summed E-state index contributed by atoms with van der Waals surface area (Å²) in [4.78, 5) is 5.04. The van der Waals surface area contributed by atoms with E-state index in [1.807, 2.05) is 0 Å². The highest BCUT2D eigenvalue weighted by Crippen LogP contribution is 2.16. The van der Waals surface area contributed by atoms with Gasteiger partial charge in [0.1, 0.15) is 0 Å². The third-order valence-corrected chi connectivity index (χ3v) is 4.56. The molecular weight excluding hydrogens is 222 g/mol.